The molecule has 1 heterocycles. The summed E-state index contributed by atoms with van der Waals surface area (Å²) in [7, 11) is 0. The van der Waals surface area contributed by atoms with E-state index >= 15 is 0 Å². The zero-order chi connectivity index (χ0) is 19.6. The Hall–Kier alpha value is -2.86. The summed E-state index contributed by atoms with van der Waals surface area (Å²) in [5.41, 5.74) is 1.59. The Morgan fingerprint density at radius 2 is 1.78 bits per heavy atom. The van der Waals surface area contributed by atoms with Crippen molar-refractivity contribution in [2.75, 3.05) is 13.2 Å². The third-order valence-electron chi connectivity index (χ3n) is 4.82. The van der Waals surface area contributed by atoms with Crippen LogP contribution < -0.4 is 10.1 Å². The summed E-state index contributed by atoms with van der Waals surface area (Å²) in [5.74, 6) is 0.282. The number of benzene rings is 2. The van der Waals surface area contributed by atoms with E-state index in [1.165, 1.54) is 0 Å². The Labute approximate surface area is 158 Å². The van der Waals surface area contributed by atoms with Crippen molar-refractivity contribution in [1.29, 1.82) is 0 Å². The van der Waals surface area contributed by atoms with Crippen molar-refractivity contribution in [2.24, 2.45) is 0 Å². The summed E-state index contributed by atoms with van der Waals surface area (Å²) in [6, 6.07) is 14.4. The highest BCUT2D eigenvalue weighted by Gasteiger charge is 2.49. The minimum Gasteiger partial charge on any atom is -0.491 e. The first kappa shape index (κ1) is 18.9. The highest BCUT2D eigenvalue weighted by Crippen LogP contribution is 2.29. The minimum absolute atomic E-state index is 0.0108. The second-order valence-corrected chi connectivity index (χ2v) is 7.07. The maximum atomic E-state index is 12.9. The number of nitrogens with zero attached hydrogens (tertiary/aromatic N) is 1. The number of carbonyl (C=O) groups excluding carboxylic acids is 2. The van der Waals surface area contributed by atoms with Crippen molar-refractivity contribution < 1.29 is 19.4 Å². The van der Waals surface area contributed by atoms with E-state index < -0.39 is 17.7 Å². The molecular weight excluding hydrogens is 344 g/mol. The smallest absolute Gasteiger partial charge is 0.325 e. The third-order valence-corrected chi connectivity index (χ3v) is 4.82. The van der Waals surface area contributed by atoms with Gasteiger partial charge in [0, 0.05) is 0 Å². The first-order chi connectivity index (χ1) is 12.8. The van der Waals surface area contributed by atoms with E-state index in [0.717, 1.165) is 16.0 Å². The van der Waals surface area contributed by atoms with Crippen LogP contribution in [0.2, 0.25) is 0 Å². The van der Waals surface area contributed by atoms with Crippen LogP contribution in [0.4, 0.5) is 4.79 Å². The molecule has 2 aromatic rings. The number of imide groups is 1. The van der Waals surface area contributed by atoms with Gasteiger partial charge in [0.1, 0.15) is 24.0 Å². The number of hydrogen-bond acceptors (Lipinski definition) is 4. The van der Waals surface area contributed by atoms with Gasteiger partial charge in [-0.1, -0.05) is 48.0 Å². The maximum absolute atomic E-state index is 12.9. The van der Waals surface area contributed by atoms with E-state index in [1.807, 2.05) is 62.4 Å². The van der Waals surface area contributed by atoms with Gasteiger partial charge in [-0.3, -0.25) is 9.69 Å². The second kappa shape index (κ2) is 7.40. The van der Waals surface area contributed by atoms with Crippen LogP contribution in [0.1, 0.15) is 23.6 Å². The van der Waals surface area contributed by atoms with Crippen LogP contribution in [0.3, 0.4) is 0 Å². The molecule has 0 aromatic heterocycles. The summed E-state index contributed by atoms with van der Waals surface area (Å²) in [4.78, 5) is 26.3. The molecule has 0 saturated carbocycles. The van der Waals surface area contributed by atoms with Gasteiger partial charge in [0.15, 0.2) is 0 Å². The van der Waals surface area contributed by atoms with Crippen molar-refractivity contribution >= 4 is 11.9 Å². The van der Waals surface area contributed by atoms with Gasteiger partial charge in [0.25, 0.3) is 5.91 Å². The van der Waals surface area contributed by atoms with Crippen LogP contribution in [-0.4, -0.2) is 41.2 Å². The topological polar surface area (TPSA) is 78.9 Å². The number of aliphatic hydroxyl groups is 1. The number of ether oxygens (including phenoxy) is 1. The number of amides is 3. The third kappa shape index (κ3) is 3.80. The fourth-order valence-electron chi connectivity index (χ4n) is 3.11. The molecule has 3 amide bonds. The van der Waals surface area contributed by atoms with Gasteiger partial charge < -0.3 is 15.2 Å². The SMILES string of the molecule is Cc1ccc([C@]2(C)NC(=O)N(C[C@@H](O)COc3ccccc3C)C2=O)cc1. The number of para-hydroxylation sites is 1. The number of aryl methyl sites for hydroxylation is 2. The Morgan fingerprint density at radius 1 is 1.11 bits per heavy atom. The Kier molecular flexibility index (Phi) is 5.19. The molecule has 0 bridgehead atoms. The zero-order valence-electron chi connectivity index (χ0n) is 15.7. The van der Waals surface area contributed by atoms with Crippen molar-refractivity contribution in [2.45, 2.75) is 32.4 Å². The molecule has 0 radical (unpaired) electrons. The van der Waals surface area contributed by atoms with E-state index in [9.17, 15) is 14.7 Å². The number of hydrogen-bond donors (Lipinski definition) is 2. The number of aliphatic hydroxyl groups excluding tert-OH is 1. The number of nitrogens with one attached hydrogen (secondary N) is 1. The number of β-amino-alcohol motifs (C(OH)–C–C–N with tert-alkyl or cyclic N) is 1. The van der Waals surface area contributed by atoms with Crippen LogP contribution in [0, 0.1) is 13.8 Å². The van der Waals surface area contributed by atoms with E-state index in [0.29, 0.717) is 11.3 Å². The Balaban J connectivity index is 1.66. The number of rotatable bonds is 6. The van der Waals surface area contributed by atoms with E-state index in [2.05, 4.69) is 5.32 Å². The molecule has 1 fully saturated rings. The Morgan fingerprint density at radius 3 is 2.44 bits per heavy atom. The van der Waals surface area contributed by atoms with Crippen molar-refractivity contribution in [3.05, 3.63) is 65.2 Å². The van der Waals surface area contributed by atoms with Crippen LogP contribution in [0.25, 0.3) is 0 Å². The van der Waals surface area contributed by atoms with Crippen LogP contribution in [0.5, 0.6) is 5.75 Å². The molecule has 2 atom stereocenters. The fraction of sp³-hybridized carbons (Fsp3) is 0.333. The van der Waals surface area contributed by atoms with Crippen LogP contribution in [-0.2, 0) is 10.3 Å². The molecule has 6 heteroatoms. The molecule has 2 N–H and O–H groups in total. The molecular formula is C21H24N2O4. The number of carbonyl (C=O) groups is 2. The summed E-state index contributed by atoms with van der Waals surface area (Å²) < 4.78 is 5.61. The predicted octanol–water partition coefficient (Wildman–Crippen LogP) is 2.51. The molecule has 0 unspecified atom stereocenters. The van der Waals surface area contributed by atoms with Gasteiger partial charge in [-0.05, 0) is 38.0 Å². The standard InChI is InChI=1S/C21H24N2O4/c1-14-8-10-16(11-9-14)21(3)19(25)23(20(26)22-21)12-17(24)13-27-18-7-5-4-6-15(18)2/h4-11,17,24H,12-13H2,1-3H3,(H,22,26)/t17-,21+/m1/s1. The molecule has 142 valence electrons. The summed E-state index contributed by atoms with van der Waals surface area (Å²) in [5, 5.41) is 13.0. The molecule has 1 saturated heterocycles. The second-order valence-electron chi connectivity index (χ2n) is 7.07. The largest absolute Gasteiger partial charge is 0.491 e. The normalized spacial score (nSPS) is 20.5. The quantitative estimate of drug-likeness (QED) is 0.768. The lowest BCUT2D eigenvalue weighted by molar-refractivity contribution is -0.132. The molecule has 27 heavy (non-hydrogen) atoms. The highest BCUT2D eigenvalue weighted by molar-refractivity contribution is 6.07. The van der Waals surface area contributed by atoms with E-state index in [1.54, 1.807) is 6.92 Å². The van der Waals surface area contributed by atoms with Gasteiger partial charge in [0.2, 0.25) is 0 Å². The minimum atomic E-state index is -1.14. The molecule has 6 nitrogen and oxygen atoms in total. The van der Waals surface area contributed by atoms with Gasteiger partial charge in [-0.2, -0.15) is 0 Å². The molecule has 2 aromatic carbocycles. The Bertz CT molecular complexity index is 850. The van der Waals surface area contributed by atoms with Crippen molar-refractivity contribution in [3.8, 4) is 5.75 Å². The first-order valence-electron chi connectivity index (χ1n) is 8.89. The fourth-order valence-corrected chi connectivity index (χ4v) is 3.11. The summed E-state index contributed by atoms with van der Waals surface area (Å²) in [6.45, 7) is 5.40. The average Bonchev–Trinajstić information content (AvgIpc) is 2.85. The van der Waals surface area contributed by atoms with Crippen molar-refractivity contribution in [1.82, 2.24) is 10.2 Å². The van der Waals surface area contributed by atoms with Crippen LogP contribution in [0.15, 0.2) is 48.5 Å². The lowest BCUT2D eigenvalue weighted by Crippen LogP contribution is -2.42. The number of urea groups is 1. The highest BCUT2D eigenvalue weighted by atomic mass is 16.5. The van der Waals surface area contributed by atoms with Gasteiger partial charge in [-0.15, -0.1) is 0 Å². The lowest BCUT2D eigenvalue weighted by Gasteiger charge is -2.23. The van der Waals surface area contributed by atoms with E-state index in [4.69, 9.17) is 4.74 Å². The lowest BCUT2D eigenvalue weighted by atomic mass is 9.91. The first-order valence-corrected chi connectivity index (χ1v) is 8.89. The van der Waals surface area contributed by atoms with Crippen LogP contribution >= 0.6 is 0 Å². The average molecular weight is 368 g/mol. The molecule has 0 aliphatic carbocycles. The summed E-state index contributed by atoms with van der Waals surface area (Å²) >= 11 is 0. The monoisotopic (exact) mass is 368 g/mol. The van der Waals surface area contributed by atoms with Gasteiger partial charge in [0.05, 0.1) is 6.54 Å². The zero-order valence-corrected chi connectivity index (χ0v) is 15.7. The van der Waals surface area contributed by atoms with Gasteiger partial charge >= 0.3 is 6.03 Å². The molecule has 3 rings (SSSR count). The predicted molar refractivity (Wildman–Crippen MR) is 101 cm³/mol. The van der Waals surface area contributed by atoms with E-state index in [-0.39, 0.29) is 19.1 Å². The molecule has 1 aliphatic heterocycles. The summed E-state index contributed by atoms with van der Waals surface area (Å²) in [6.07, 6.45) is -0.986. The molecule has 1 aliphatic rings. The molecule has 0 spiro atoms. The van der Waals surface area contributed by atoms with Gasteiger partial charge in [-0.25, -0.2) is 4.79 Å². The van der Waals surface area contributed by atoms with Crippen molar-refractivity contribution in [3.63, 3.8) is 0 Å². The maximum Gasteiger partial charge on any atom is 0.325 e.